The number of carbonyl (C=O) groups excluding carboxylic acids is 1. The van der Waals surface area contributed by atoms with Gasteiger partial charge in [0.25, 0.3) is 0 Å². The molecule has 16 nitrogen and oxygen atoms in total. The van der Waals surface area contributed by atoms with Gasteiger partial charge < -0.3 is 76.2 Å². The van der Waals surface area contributed by atoms with Crippen LogP contribution >= 0.6 is 0 Å². The molecule has 0 amide bonds. The molecule has 0 bridgehead atoms. The van der Waals surface area contributed by atoms with Crippen LogP contribution in [0.25, 0.3) is 0 Å². The molecule has 12 unspecified atom stereocenters. The van der Waals surface area contributed by atoms with E-state index in [1.54, 1.807) is 0 Å². The van der Waals surface area contributed by atoms with Crippen LogP contribution in [0.4, 0.5) is 0 Å². The maximum atomic E-state index is 13.7. The summed E-state index contributed by atoms with van der Waals surface area (Å²) in [5.41, 5.74) is 0. The SMILES string of the molecule is O=C(OCC(O)CO)C(CC(O)CO)C(CC(O)CO)C(CC(O)CO)C(CC(O)CO)C(CCCCCCCCCCCCCC(O)CO)CC(O)CO. The maximum absolute atomic E-state index is 13.7. The highest BCUT2D eigenvalue weighted by molar-refractivity contribution is 5.73. The van der Waals surface area contributed by atoms with E-state index in [1.165, 1.54) is 0 Å². The lowest BCUT2D eigenvalue weighted by Crippen LogP contribution is -2.44. The Morgan fingerprint density at radius 2 is 0.709 bits per heavy atom. The predicted molar refractivity (Wildman–Crippen MR) is 203 cm³/mol. The molecule has 0 fully saturated rings. The molecule has 0 aromatic heterocycles. The maximum Gasteiger partial charge on any atom is 0.309 e. The van der Waals surface area contributed by atoms with Gasteiger partial charge in [-0.15, -0.1) is 0 Å². The number of esters is 1. The van der Waals surface area contributed by atoms with Gasteiger partial charge in [0.05, 0.1) is 88.8 Å². The van der Waals surface area contributed by atoms with Crippen molar-refractivity contribution in [2.45, 2.75) is 158 Å². The van der Waals surface area contributed by atoms with Crippen molar-refractivity contribution in [3.8, 4) is 0 Å². The Hall–Kier alpha value is -1.09. The van der Waals surface area contributed by atoms with Crippen LogP contribution in [0.5, 0.6) is 0 Å². The molecular weight excluding hydrogens is 724 g/mol. The first-order valence-corrected chi connectivity index (χ1v) is 20.5. The Bertz CT molecular complexity index is 887. The highest BCUT2D eigenvalue weighted by Gasteiger charge is 2.44. The summed E-state index contributed by atoms with van der Waals surface area (Å²) in [6, 6.07) is 0. The summed E-state index contributed by atoms with van der Waals surface area (Å²) in [6.45, 7) is -4.94. The minimum absolute atomic E-state index is 0.0380. The van der Waals surface area contributed by atoms with Crippen LogP contribution in [-0.2, 0) is 9.53 Å². The van der Waals surface area contributed by atoms with Crippen LogP contribution in [-0.4, -0.2) is 173 Å². The van der Waals surface area contributed by atoms with E-state index in [9.17, 15) is 71.2 Å². The minimum Gasteiger partial charge on any atom is -0.463 e. The molecule has 0 aliphatic carbocycles. The fourth-order valence-electron chi connectivity index (χ4n) is 7.74. The Morgan fingerprint density at radius 3 is 1.15 bits per heavy atom. The van der Waals surface area contributed by atoms with Gasteiger partial charge in [0.2, 0.25) is 0 Å². The summed E-state index contributed by atoms with van der Waals surface area (Å²) in [4.78, 5) is 13.7. The topological polar surface area (TPSA) is 310 Å². The van der Waals surface area contributed by atoms with Crippen molar-refractivity contribution in [3.63, 3.8) is 0 Å². The van der Waals surface area contributed by atoms with Gasteiger partial charge in [0, 0.05) is 0 Å². The predicted octanol–water partition coefficient (Wildman–Crippen LogP) is -0.895. The summed E-state index contributed by atoms with van der Waals surface area (Å²) in [5.74, 6) is -5.46. The molecule has 0 aromatic carbocycles. The lowest BCUT2D eigenvalue weighted by Gasteiger charge is -2.43. The first kappa shape index (κ1) is 53.9. The van der Waals surface area contributed by atoms with Crippen LogP contribution in [0, 0.1) is 29.6 Å². The van der Waals surface area contributed by atoms with E-state index in [1.807, 2.05) is 0 Å². The van der Waals surface area contributed by atoms with E-state index in [2.05, 4.69) is 0 Å². The van der Waals surface area contributed by atoms with Gasteiger partial charge in [-0.25, -0.2) is 0 Å². The first-order valence-electron chi connectivity index (χ1n) is 20.5. The van der Waals surface area contributed by atoms with Crippen molar-refractivity contribution < 1.29 is 81.0 Å². The second kappa shape index (κ2) is 33.8. The number of carbonyl (C=O) groups is 1. The zero-order chi connectivity index (χ0) is 41.6. The number of unbranched alkanes of at least 4 members (excludes halogenated alkanes) is 10. The van der Waals surface area contributed by atoms with Crippen molar-refractivity contribution in [1.82, 2.24) is 0 Å². The van der Waals surface area contributed by atoms with Gasteiger partial charge in [-0.05, 0) is 62.2 Å². The van der Waals surface area contributed by atoms with E-state index in [4.69, 9.17) is 9.84 Å². The molecule has 330 valence electrons. The highest BCUT2D eigenvalue weighted by Crippen LogP contribution is 2.45. The van der Waals surface area contributed by atoms with Crippen molar-refractivity contribution in [2.24, 2.45) is 29.6 Å². The number of hydrogen-bond donors (Lipinski definition) is 14. The third kappa shape index (κ3) is 25.1. The Balaban J connectivity index is 6.32. The van der Waals surface area contributed by atoms with E-state index in [0.717, 1.165) is 64.2 Å². The van der Waals surface area contributed by atoms with Crippen molar-refractivity contribution >= 4 is 5.97 Å². The zero-order valence-corrected chi connectivity index (χ0v) is 32.9. The average Bonchev–Trinajstić information content (AvgIpc) is 3.19. The molecule has 0 aliphatic rings. The lowest BCUT2D eigenvalue weighted by atomic mass is 9.63. The largest absolute Gasteiger partial charge is 0.463 e. The van der Waals surface area contributed by atoms with Gasteiger partial charge in [-0.3, -0.25) is 4.79 Å². The molecule has 12 atom stereocenters. The number of ether oxygens (including phenoxy) is 1. The molecular formula is C39H78O16. The van der Waals surface area contributed by atoms with Gasteiger partial charge in [-0.1, -0.05) is 77.0 Å². The fraction of sp³-hybridized carbons (Fsp3) is 0.974. The Morgan fingerprint density at radius 1 is 0.364 bits per heavy atom. The highest BCUT2D eigenvalue weighted by atomic mass is 16.5. The molecule has 16 heteroatoms. The molecule has 0 rings (SSSR count). The molecule has 0 saturated carbocycles. The first-order chi connectivity index (χ1) is 26.3. The summed E-state index contributed by atoms with van der Waals surface area (Å²) < 4.78 is 5.29. The van der Waals surface area contributed by atoms with E-state index in [-0.39, 0.29) is 32.3 Å². The van der Waals surface area contributed by atoms with Gasteiger partial charge in [0.15, 0.2) is 0 Å². The zero-order valence-electron chi connectivity index (χ0n) is 32.9. The van der Waals surface area contributed by atoms with E-state index in [0.29, 0.717) is 19.3 Å². The van der Waals surface area contributed by atoms with Crippen LogP contribution in [0.1, 0.15) is 116 Å². The van der Waals surface area contributed by atoms with Crippen molar-refractivity contribution in [2.75, 3.05) is 52.9 Å². The van der Waals surface area contributed by atoms with Gasteiger partial charge >= 0.3 is 5.97 Å². The average molecular weight is 803 g/mol. The fourth-order valence-corrected chi connectivity index (χ4v) is 7.74. The summed E-state index contributed by atoms with van der Waals surface area (Å²) >= 11 is 0. The standard InChI is InChI=1S/C39H78O16/c40-19-28(47)13-11-9-7-5-3-1-2-4-6-8-10-12-27(14-29(48)20-41)35(15-30(49)21-42)36(16-31(50)22-43)37(17-32(51)23-44)38(18-33(52)24-45)39(54)55-26-34(53)25-46/h27-38,40-53H,1-26H2. The molecule has 55 heavy (non-hydrogen) atoms. The third-order valence-electron chi connectivity index (χ3n) is 10.8. The molecule has 0 saturated heterocycles. The van der Waals surface area contributed by atoms with Crippen LogP contribution in [0.15, 0.2) is 0 Å². The third-order valence-corrected chi connectivity index (χ3v) is 10.8. The molecule has 0 spiro atoms. The molecule has 14 N–H and O–H groups in total. The number of rotatable bonds is 38. The Kier molecular flexibility index (Phi) is 33.2. The second-order valence-corrected chi connectivity index (χ2v) is 15.5. The summed E-state index contributed by atoms with van der Waals surface area (Å²) in [7, 11) is 0. The summed E-state index contributed by atoms with van der Waals surface area (Å²) in [6.07, 6.45) is 2.13. The minimum atomic E-state index is -1.46. The smallest absolute Gasteiger partial charge is 0.309 e. The molecule has 0 aromatic rings. The van der Waals surface area contributed by atoms with E-state index < -0.39 is 131 Å². The number of aliphatic hydroxyl groups excluding tert-OH is 14. The van der Waals surface area contributed by atoms with E-state index >= 15 is 0 Å². The molecule has 0 heterocycles. The van der Waals surface area contributed by atoms with Crippen LogP contribution in [0.2, 0.25) is 0 Å². The number of aliphatic hydroxyl groups is 14. The van der Waals surface area contributed by atoms with Gasteiger partial charge in [0.1, 0.15) is 12.7 Å². The molecule has 0 radical (unpaired) electrons. The normalized spacial score (nSPS) is 18.7. The monoisotopic (exact) mass is 803 g/mol. The van der Waals surface area contributed by atoms with Gasteiger partial charge in [-0.2, -0.15) is 0 Å². The Labute approximate surface area is 327 Å². The molecule has 0 aliphatic heterocycles. The second-order valence-electron chi connectivity index (χ2n) is 15.5. The van der Waals surface area contributed by atoms with Crippen molar-refractivity contribution in [1.29, 1.82) is 0 Å². The van der Waals surface area contributed by atoms with Crippen molar-refractivity contribution in [3.05, 3.63) is 0 Å². The quantitative estimate of drug-likeness (QED) is 0.0266. The van der Waals surface area contributed by atoms with Crippen LogP contribution < -0.4 is 0 Å². The van der Waals surface area contributed by atoms with Crippen LogP contribution in [0.3, 0.4) is 0 Å². The summed E-state index contributed by atoms with van der Waals surface area (Å²) in [5, 5.41) is 140. The lowest BCUT2D eigenvalue weighted by molar-refractivity contribution is -0.159. The number of hydrogen-bond acceptors (Lipinski definition) is 16.